The monoisotopic (exact) mass is 346 g/mol. The molecule has 1 heterocycles. The maximum Gasteiger partial charge on any atom is 0.326 e. The van der Waals surface area contributed by atoms with Crippen LogP contribution in [0.5, 0.6) is 5.75 Å². The SMILES string of the molecule is O=C(CCNC(=O)c1ccco1)N[C@@H](Cc1ccc(O)cc1)C(=O)O. The van der Waals surface area contributed by atoms with E-state index in [4.69, 9.17) is 4.42 Å². The normalized spacial score (nSPS) is 11.5. The number of furan rings is 1. The van der Waals surface area contributed by atoms with E-state index < -0.39 is 23.8 Å². The number of nitrogens with one attached hydrogen (secondary N) is 2. The Morgan fingerprint density at radius 3 is 2.44 bits per heavy atom. The van der Waals surface area contributed by atoms with Crippen molar-refractivity contribution in [3.63, 3.8) is 0 Å². The van der Waals surface area contributed by atoms with E-state index in [0.29, 0.717) is 5.56 Å². The fraction of sp³-hybridized carbons (Fsp3) is 0.235. The third kappa shape index (κ3) is 5.69. The summed E-state index contributed by atoms with van der Waals surface area (Å²) in [4.78, 5) is 34.8. The van der Waals surface area contributed by atoms with Crippen LogP contribution in [-0.4, -0.2) is 40.6 Å². The first-order valence-electron chi connectivity index (χ1n) is 7.57. The molecule has 0 saturated heterocycles. The molecule has 2 amide bonds. The first-order valence-corrected chi connectivity index (χ1v) is 7.57. The highest BCUT2D eigenvalue weighted by Gasteiger charge is 2.20. The van der Waals surface area contributed by atoms with Gasteiger partial charge in [0, 0.05) is 19.4 Å². The molecule has 0 bridgehead atoms. The number of benzene rings is 1. The third-order valence-electron chi connectivity index (χ3n) is 3.39. The number of hydrogen-bond donors (Lipinski definition) is 4. The molecule has 0 saturated carbocycles. The molecule has 0 aliphatic rings. The van der Waals surface area contributed by atoms with Gasteiger partial charge in [0.2, 0.25) is 5.91 Å². The summed E-state index contributed by atoms with van der Waals surface area (Å²) in [5, 5.41) is 23.4. The number of phenols is 1. The summed E-state index contributed by atoms with van der Waals surface area (Å²) in [7, 11) is 0. The van der Waals surface area contributed by atoms with Crippen LogP contribution in [0, 0.1) is 0 Å². The number of rotatable bonds is 8. The second-order valence-corrected chi connectivity index (χ2v) is 5.31. The predicted molar refractivity (Wildman–Crippen MR) is 87.0 cm³/mol. The average molecular weight is 346 g/mol. The zero-order chi connectivity index (χ0) is 18.2. The van der Waals surface area contributed by atoms with E-state index in [1.54, 1.807) is 18.2 Å². The van der Waals surface area contributed by atoms with Gasteiger partial charge >= 0.3 is 5.97 Å². The molecule has 8 heteroatoms. The van der Waals surface area contributed by atoms with Gasteiger partial charge in [-0.1, -0.05) is 12.1 Å². The number of carbonyl (C=O) groups is 3. The molecular formula is C17H18N2O6. The summed E-state index contributed by atoms with van der Waals surface area (Å²) in [5.74, 6) is -1.90. The van der Waals surface area contributed by atoms with Crippen molar-refractivity contribution < 1.29 is 29.0 Å². The van der Waals surface area contributed by atoms with Crippen LogP contribution in [0.1, 0.15) is 22.5 Å². The largest absolute Gasteiger partial charge is 0.508 e. The molecule has 1 aromatic heterocycles. The molecule has 2 aromatic rings. The molecule has 2 rings (SSSR count). The Hall–Kier alpha value is -3.29. The molecule has 25 heavy (non-hydrogen) atoms. The van der Waals surface area contributed by atoms with Gasteiger partial charge < -0.3 is 25.3 Å². The minimum atomic E-state index is -1.17. The van der Waals surface area contributed by atoms with Crippen LogP contribution in [0.2, 0.25) is 0 Å². The Morgan fingerprint density at radius 1 is 1.12 bits per heavy atom. The molecular weight excluding hydrogens is 328 g/mol. The number of hydrogen-bond acceptors (Lipinski definition) is 5. The Kier molecular flexibility index (Phi) is 6.16. The van der Waals surface area contributed by atoms with Gasteiger partial charge in [-0.05, 0) is 29.8 Å². The van der Waals surface area contributed by atoms with Crippen molar-refractivity contribution >= 4 is 17.8 Å². The summed E-state index contributed by atoms with van der Waals surface area (Å²) < 4.78 is 4.92. The number of aliphatic carboxylic acids is 1. The highest BCUT2D eigenvalue weighted by atomic mass is 16.4. The number of phenolic OH excluding ortho intramolecular Hbond substituents is 1. The van der Waals surface area contributed by atoms with Gasteiger partial charge in [-0.15, -0.1) is 0 Å². The van der Waals surface area contributed by atoms with E-state index >= 15 is 0 Å². The highest BCUT2D eigenvalue weighted by Crippen LogP contribution is 2.11. The van der Waals surface area contributed by atoms with E-state index in [0.717, 1.165) is 0 Å². The highest BCUT2D eigenvalue weighted by molar-refractivity contribution is 5.91. The smallest absolute Gasteiger partial charge is 0.326 e. The van der Waals surface area contributed by atoms with Crippen LogP contribution in [0.3, 0.4) is 0 Å². The molecule has 0 fully saturated rings. The lowest BCUT2D eigenvalue weighted by Gasteiger charge is -2.15. The van der Waals surface area contributed by atoms with Crippen molar-refractivity contribution in [3.8, 4) is 5.75 Å². The van der Waals surface area contributed by atoms with Crippen molar-refractivity contribution in [1.29, 1.82) is 0 Å². The standard InChI is InChI=1S/C17H18N2O6/c20-12-5-3-11(4-6-12)10-13(17(23)24)19-15(21)7-8-18-16(22)14-2-1-9-25-14/h1-6,9,13,20H,7-8,10H2,(H,18,22)(H,19,21)(H,23,24)/t13-/m0/s1. The Bertz CT molecular complexity index is 724. The van der Waals surface area contributed by atoms with Gasteiger partial charge in [0.1, 0.15) is 11.8 Å². The molecule has 0 aliphatic carbocycles. The van der Waals surface area contributed by atoms with Crippen LogP contribution < -0.4 is 10.6 Å². The molecule has 1 atom stereocenters. The summed E-state index contributed by atoms with van der Waals surface area (Å²) in [6.45, 7) is 0.0525. The fourth-order valence-corrected chi connectivity index (χ4v) is 2.12. The second kappa shape index (κ2) is 8.53. The van der Waals surface area contributed by atoms with E-state index in [1.807, 2.05) is 0 Å². The van der Waals surface area contributed by atoms with Crippen molar-refractivity contribution in [2.75, 3.05) is 6.54 Å². The zero-order valence-corrected chi connectivity index (χ0v) is 13.3. The molecule has 1 aromatic carbocycles. The number of carbonyl (C=O) groups excluding carboxylic acids is 2. The molecule has 4 N–H and O–H groups in total. The van der Waals surface area contributed by atoms with Crippen LogP contribution in [-0.2, 0) is 16.0 Å². The molecule has 0 unspecified atom stereocenters. The summed E-state index contributed by atoms with van der Waals surface area (Å²) >= 11 is 0. The lowest BCUT2D eigenvalue weighted by molar-refractivity contribution is -0.141. The van der Waals surface area contributed by atoms with Crippen LogP contribution >= 0.6 is 0 Å². The number of carboxylic acid groups (broad SMARTS) is 1. The van der Waals surface area contributed by atoms with Crippen molar-refractivity contribution in [2.45, 2.75) is 18.9 Å². The lowest BCUT2D eigenvalue weighted by atomic mass is 10.1. The van der Waals surface area contributed by atoms with E-state index in [1.165, 1.54) is 24.5 Å². The molecule has 0 aliphatic heterocycles. The number of amides is 2. The topological polar surface area (TPSA) is 129 Å². The first kappa shape index (κ1) is 18.1. The van der Waals surface area contributed by atoms with E-state index in [2.05, 4.69) is 10.6 Å². The second-order valence-electron chi connectivity index (χ2n) is 5.31. The molecule has 132 valence electrons. The summed E-state index contributed by atoms with van der Waals surface area (Å²) in [5.41, 5.74) is 0.664. The van der Waals surface area contributed by atoms with Crippen LogP contribution in [0.15, 0.2) is 47.1 Å². The maximum absolute atomic E-state index is 11.9. The maximum atomic E-state index is 11.9. The van der Waals surface area contributed by atoms with Gasteiger partial charge in [0.15, 0.2) is 5.76 Å². The zero-order valence-electron chi connectivity index (χ0n) is 13.3. The Balaban J connectivity index is 1.80. The molecule has 8 nitrogen and oxygen atoms in total. The summed E-state index contributed by atoms with van der Waals surface area (Å²) in [6.07, 6.45) is 1.38. The quantitative estimate of drug-likeness (QED) is 0.562. The van der Waals surface area contributed by atoms with Crippen molar-refractivity contribution in [3.05, 3.63) is 54.0 Å². The fourth-order valence-electron chi connectivity index (χ4n) is 2.12. The molecule has 0 spiro atoms. The Morgan fingerprint density at radius 2 is 1.84 bits per heavy atom. The minimum Gasteiger partial charge on any atom is -0.508 e. The third-order valence-corrected chi connectivity index (χ3v) is 3.39. The Labute approximate surface area is 143 Å². The van der Waals surface area contributed by atoms with E-state index in [9.17, 15) is 24.6 Å². The van der Waals surface area contributed by atoms with Crippen LogP contribution in [0.25, 0.3) is 0 Å². The van der Waals surface area contributed by atoms with E-state index in [-0.39, 0.29) is 30.9 Å². The first-order chi connectivity index (χ1) is 12.0. The van der Waals surface area contributed by atoms with Crippen molar-refractivity contribution in [2.24, 2.45) is 0 Å². The van der Waals surface area contributed by atoms with Crippen molar-refractivity contribution in [1.82, 2.24) is 10.6 Å². The predicted octanol–water partition coefficient (Wildman–Crippen LogP) is 0.917. The van der Waals surface area contributed by atoms with Gasteiger partial charge in [0.25, 0.3) is 5.91 Å². The number of carboxylic acids is 1. The molecule has 0 radical (unpaired) electrons. The van der Waals surface area contributed by atoms with Crippen LogP contribution in [0.4, 0.5) is 0 Å². The van der Waals surface area contributed by atoms with Gasteiger partial charge in [-0.25, -0.2) is 4.79 Å². The number of aromatic hydroxyl groups is 1. The minimum absolute atomic E-state index is 0.0525. The van der Waals surface area contributed by atoms with Gasteiger partial charge in [-0.3, -0.25) is 9.59 Å². The lowest BCUT2D eigenvalue weighted by Crippen LogP contribution is -2.43. The van der Waals surface area contributed by atoms with Gasteiger partial charge in [-0.2, -0.15) is 0 Å². The summed E-state index contributed by atoms with van der Waals surface area (Å²) in [6, 6.07) is 8.02. The van der Waals surface area contributed by atoms with Gasteiger partial charge in [0.05, 0.1) is 6.26 Å². The average Bonchev–Trinajstić information content (AvgIpc) is 3.10.